The molecule has 0 aliphatic carbocycles. The van der Waals surface area contributed by atoms with Gasteiger partial charge in [0.15, 0.2) is 10.9 Å². The zero-order valence-electron chi connectivity index (χ0n) is 5.37. The summed E-state index contributed by atoms with van der Waals surface area (Å²) in [6, 6.07) is -0.119. The van der Waals surface area contributed by atoms with Gasteiger partial charge in [0, 0.05) is 0 Å². The zero-order chi connectivity index (χ0) is 8.43. The minimum atomic E-state index is -1.04. The number of nitrogens with two attached hydrogens (primary N) is 1. The second-order valence-corrected chi connectivity index (χ2v) is 2.19. The van der Waals surface area contributed by atoms with Crippen LogP contribution in [-0.2, 0) is 11.2 Å². The Kier molecular flexibility index (Phi) is 2.00. The highest BCUT2D eigenvalue weighted by Crippen LogP contribution is 2.17. The Balaban J connectivity index is 2.85. The molecule has 5 nitrogen and oxygen atoms in total. The molecule has 60 valence electrons. The first-order chi connectivity index (χ1) is 5.09. The third-order valence-corrected chi connectivity index (χ3v) is 1.27. The van der Waals surface area contributed by atoms with E-state index in [-0.39, 0.29) is 23.3 Å². The molecule has 0 fully saturated rings. The van der Waals surface area contributed by atoms with Crippen molar-refractivity contribution in [3.8, 4) is 0 Å². The molecule has 11 heavy (non-hydrogen) atoms. The minimum Gasteiger partial charge on any atom is -0.481 e. The zero-order valence-corrected chi connectivity index (χ0v) is 6.13. The molecular weight excluding hydrogens is 172 g/mol. The van der Waals surface area contributed by atoms with Gasteiger partial charge in [-0.25, -0.2) is 0 Å². The van der Waals surface area contributed by atoms with Gasteiger partial charge in [0.1, 0.15) is 6.42 Å². The quantitative estimate of drug-likeness (QED) is 0.687. The number of aromatic nitrogens is 1. The maximum absolute atomic E-state index is 10.1. The average molecular weight is 177 g/mol. The lowest BCUT2D eigenvalue weighted by Gasteiger charge is -1.87. The van der Waals surface area contributed by atoms with E-state index >= 15 is 0 Å². The fourth-order valence-corrected chi connectivity index (χ4v) is 0.785. The van der Waals surface area contributed by atoms with Crippen molar-refractivity contribution in [1.82, 2.24) is 4.98 Å². The van der Waals surface area contributed by atoms with Gasteiger partial charge in [0.05, 0.1) is 0 Å². The van der Waals surface area contributed by atoms with E-state index in [0.29, 0.717) is 0 Å². The largest absolute Gasteiger partial charge is 0.481 e. The molecule has 0 aromatic carbocycles. The van der Waals surface area contributed by atoms with Crippen molar-refractivity contribution in [3.05, 3.63) is 10.9 Å². The Morgan fingerprint density at radius 2 is 2.45 bits per heavy atom. The Hall–Kier alpha value is -1.23. The van der Waals surface area contributed by atoms with Crippen molar-refractivity contribution < 1.29 is 14.3 Å². The molecule has 0 atom stereocenters. The van der Waals surface area contributed by atoms with Crippen molar-refractivity contribution in [2.75, 3.05) is 5.73 Å². The van der Waals surface area contributed by atoms with Crippen molar-refractivity contribution in [1.29, 1.82) is 0 Å². The van der Waals surface area contributed by atoms with Crippen LogP contribution in [0.1, 0.15) is 5.76 Å². The molecule has 0 saturated carbocycles. The lowest BCUT2D eigenvalue weighted by molar-refractivity contribution is -0.136. The van der Waals surface area contributed by atoms with Gasteiger partial charge >= 0.3 is 5.97 Å². The number of anilines is 1. The van der Waals surface area contributed by atoms with Crippen LogP contribution >= 0.6 is 11.6 Å². The number of carbonyl (C=O) groups is 1. The first-order valence-corrected chi connectivity index (χ1v) is 3.10. The van der Waals surface area contributed by atoms with Crippen LogP contribution in [0.15, 0.2) is 4.42 Å². The topological polar surface area (TPSA) is 89.3 Å². The smallest absolute Gasteiger partial charge is 0.311 e. The normalized spacial score (nSPS) is 9.91. The summed E-state index contributed by atoms with van der Waals surface area (Å²) in [4.78, 5) is 13.6. The highest BCUT2D eigenvalue weighted by Gasteiger charge is 2.12. The van der Waals surface area contributed by atoms with Gasteiger partial charge < -0.3 is 15.3 Å². The number of carboxylic acid groups (broad SMARTS) is 1. The standard InChI is InChI=1S/C5H5ClN2O3/c6-4-2(1-3(9)10)11-5(7)8-4/h1H2,(H2,7,8)(H,9,10). The summed E-state index contributed by atoms with van der Waals surface area (Å²) in [6.07, 6.45) is -0.303. The van der Waals surface area contributed by atoms with E-state index < -0.39 is 5.97 Å². The molecule has 1 rings (SSSR count). The van der Waals surface area contributed by atoms with Gasteiger partial charge in [-0.05, 0) is 0 Å². The van der Waals surface area contributed by atoms with E-state index in [2.05, 4.69) is 9.40 Å². The molecule has 1 aromatic rings. The van der Waals surface area contributed by atoms with Crippen LogP contribution in [0, 0.1) is 0 Å². The van der Waals surface area contributed by atoms with E-state index in [4.69, 9.17) is 22.4 Å². The Morgan fingerprint density at radius 3 is 2.82 bits per heavy atom. The molecule has 1 aromatic heterocycles. The summed E-state index contributed by atoms with van der Waals surface area (Å²) in [7, 11) is 0. The first kappa shape index (κ1) is 7.87. The molecule has 1 heterocycles. The number of nitrogen functional groups attached to an aromatic ring is 1. The van der Waals surface area contributed by atoms with Crippen molar-refractivity contribution in [2.24, 2.45) is 0 Å². The Bertz CT molecular complexity index is 283. The summed E-state index contributed by atoms with van der Waals surface area (Å²) >= 11 is 5.44. The Morgan fingerprint density at radius 1 is 1.82 bits per heavy atom. The number of nitrogens with zero attached hydrogens (tertiary/aromatic N) is 1. The number of carboxylic acids is 1. The predicted molar refractivity (Wildman–Crippen MR) is 37.3 cm³/mol. The van der Waals surface area contributed by atoms with E-state index in [9.17, 15) is 4.79 Å². The van der Waals surface area contributed by atoms with Crippen LogP contribution in [0.4, 0.5) is 6.01 Å². The average Bonchev–Trinajstić information content (AvgIpc) is 2.09. The second kappa shape index (κ2) is 2.79. The fraction of sp³-hybridized carbons (Fsp3) is 0.200. The number of halogens is 1. The number of aliphatic carboxylic acids is 1. The first-order valence-electron chi connectivity index (χ1n) is 2.72. The van der Waals surface area contributed by atoms with Crippen LogP contribution in [0.5, 0.6) is 0 Å². The monoisotopic (exact) mass is 176 g/mol. The Labute approximate surface area is 66.8 Å². The summed E-state index contributed by atoms with van der Waals surface area (Å²) in [5.74, 6) is -0.959. The van der Waals surface area contributed by atoms with Crippen molar-refractivity contribution in [2.45, 2.75) is 6.42 Å². The fourth-order valence-electron chi connectivity index (χ4n) is 0.597. The number of oxazole rings is 1. The predicted octanol–water partition coefficient (Wildman–Crippen LogP) is 0.537. The van der Waals surface area contributed by atoms with Crippen LogP contribution in [0.2, 0.25) is 5.15 Å². The number of hydrogen-bond donors (Lipinski definition) is 2. The van der Waals surface area contributed by atoms with E-state index in [1.54, 1.807) is 0 Å². The van der Waals surface area contributed by atoms with Crippen LogP contribution in [0.3, 0.4) is 0 Å². The molecule has 0 aliphatic heterocycles. The highest BCUT2D eigenvalue weighted by molar-refractivity contribution is 6.30. The van der Waals surface area contributed by atoms with E-state index in [0.717, 1.165) is 0 Å². The summed E-state index contributed by atoms with van der Waals surface area (Å²) < 4.78 is 4.68. The molecule has 0 unspecified atom stereocenters. The maximum Gasteiger partial charge on any atom is 0.311 e. The highest BCUT2D eigenvalue weighted by atomic mass is 35.5. The SMILES string of the molecule is Nc1nc(Cl)c(CC(=O)O)o1. The van der Waals surface area contributed by atoms with Crippen molar-refractivity contribution >= 4 is 23.6 Å². The molecule has 0 saturated heterocycles. The van der Waals surface area contributed by atoms with Gasteiger partial charge in [-0.3, -0.25) is 4.79 Å². The lowest BCUT2D eigenvalue weighted by atomic mass is 10.4. The summed E-state index contributed by atoms with van der Waals surface area (Å²) in [5.41, 5.74) is 5.10. The third-order valence-electron chi connectivity index (χ3n) is 0.978. The molecule has 0 aliphatic rings. The van der Waals surface area contributed by atoms with E-state index in [1.807, 2.05) is 0 Å². The second-order valence-electron chi connectivity index (χ2n) is 1.84. The molecule has 0 spiro atoms. The van der Waals surface area contributed by atoms with Crippen LogP contribution in [0.25, 0.3) is 0 Å². The van der Waals surface area contributed by atoms with Crippen LogP contribution < -0.4 is 5.73 Å². The van der Waals surface area contributed by atoms with Gasteiger partial charge in [0.2, 0.25) is 0 Å². The summed E-state index contributed by atoms with van der Waals surface area (Å²) in [5, 5.41) is 8.32. The lowest BCUT2D eigenvalue weighted by Crippen LogP contribution is -1.98. The molecule has 0 radical (unpaired) electrons. The van der Waals surface area contributed by atoms with Crippen molar-refractivity contribution in [3.63, 3.8) is 0 Å². The minimum absolute atomic E-state index is 0.00454. The van der Waals surface area contributed by atoms with Gasteiger partial charge in [0.25, 0.3) is 6.01 Å². The third kappa shape index (κ3) is 1.84. The van der Waals surface area contributed by atoms with Gasteiger partial charge in [-0.1, -0.05) is 11.6 Å². The molecule has 3 N–H and O–H groups in total. The molecular formula is C5H5ClN2O3. The van der Waals surface area contributed by atoms with Gasteiger partial charge in [-0.2, -0.15) is 4.98 Å². The van der Waals surface area contributed by atoms with Crippen LogP contribution in [-0.4, -0.2) is 16.1 Å². The summed E-state index contributed by atoms with van der Waals surface area (Å²) in [6.45, 7) is 0. The number of hydrogen-bond acceptors (Lipinski definition) is 4. The molecule has 0 amide bonds. The molecule has 6 heteroatoms. The van der Waals surface area contributed by atoms with Gasteiger partial charge in [-0.15, -0.1) is 0 Å². The van der Waals surface area contributed by atoms with E-state index in [1.165, 1.54) is 0 Å². The number of rotatable bonds is 2. The molecule has 0 bridgehead atoms. The maximum atomic E-state index is 10.1.